The van der Waals surface area contributed by atoms with Gasteiger partial charge in [-0.05, 0) is 68.1 Å². The summed E-state index contributed by atoms with van der Waals surface area (Å²) in [7, 11) is 0. The molecule has 1 N–H and O–H groups in total. The van der Waals surface area contributed by atoms with E-state index in [-0.39, 0.29) is 22.4 Å². The van der Waals surface area contributed by atoms with Crippen LogP contribution in [0.25, 0.3) is 0 Å². The number of carbonyl (C=O) groups is 2. The highest BCUT2D eigenvalue weighted by Crippen LogP contribution is 2.30. The van der Waals surface area contributed by atoms with Crippen LogP contribution in [0.3, 0.4) is 0 Å². The van der Waals surface area contributed by atoms with Gasteiger partial charge in [0.15, 0.2) is 10.9 Å². The molecule has 28 heavy (non-hydrogen) atoms. The van der Waals surface area contributed by atoms with Gasteiger partial charge in [0, 0.05) is 11.0 Å². The maximum Gasteiger partial charge on any atom is 0.194 e. The quantitative estimate of drug-likeness (QED) is 0.455. The summed E-state index contributed by atoms with van der Waals surface area (Å²) in [5, 5.41) is 9.29. The van der Waals surface area contributed by atoms with Crippen molar-refractivity contribution in [3.8, 4) is 11.5 Å². The average molecular weight is 401 g/mol. The van der Waals surface area contributed by atoms with E-state index in [0.29, 0.717) is 18.6 Å². The Kier molecular flexibility index (Phi) is 7.69. The number of thioether (sulfide) groups is 1. The fourth-order valence-electron chi connectivity index (χ4n) is 2.72. The van der Waals surface area contributed by atoms with Crippen LogP contribution in [0.5, 0.6) is 11.5 Å². The zero-order valence-electron chi connectivity index (χ0n) is 17.0. The predicted molar refractivity (Wildman–Crippen MR) is 114 cm³/mol. The number of Topliss-reactive ketones (excluding diaryl/α,β-unsaturated/α-hetero) is 1. The first kappa shape index (κ1) is 22.0. The lowest BCUT2D eigenvalue weighted by molar-refractivity contribution is -0.118. The molecular weight excluding hydrogens is 372 g/mol. The summed E-state index contributed by atoms with van der Waals surface area (Å²) in [4.78, 5) is 24.7. The topological polar surface area (TPSA) is 63.6 Å². The van der Waals surface area contributed by atoms with Gasteiger partial charge in [0.05, 0.1) is 12.4 Å². The van der Waals surface area contributed by atoms with E-state index in [4.69, 9.17) is 4.74 Å². The number of ether oxygens (including phenoxy) is 1. The molecule has 2 aromatic rings. The maximum atomic E-state index is 12.5. The van der Waals surface area contributed by atoms with E-state index < -0.39 is 5.41 Å². The Balaban J connectivity index is 1.78. The van der Waals surface area contributed by atoms with Crippen molar-refractivity contribution in [1.29, 1.82) is 0 Å². The Morgan fingerprint density at radius 3 is 2.43 bits per heavy atom. The second kappa shape index (κ2) is 9.78. The molecule has 2 aromatic carbocycles. The van der Waals surface area contributed by atoms with Gasteiger partial charge in [-0.1, -0.05) is 37.7 Å². The Labute approximate surface area is 171 Å². The van der Waals surface area contributed by atoms with Gasteiger partial charge in [-0.2, -0.15) is 0 Å². The molecule has 0 atom stereocenters. The summed E-state index contributed by atoms with van der Waals surface area (Å²) in [6.45, 7) is 8.42. The number of benzene rings is 2. The number of phenolic OH excluding ortho intramolecular Hbond substituents is 1. The summed E-state index contributed by atoms with van der Waals surface area (Å²) in [5.41, 5.74) is 2.23. The third-order valence-electron chi connectivity index (χ3n) is 4.62. The molecule has 0 saturated carbocycles. The Bertz CT molecular complexity index is 825. The molecule has 0 unspecified atom stereocenters. The van der Waals surface area contributed by atoms with Crippen molar-refractivity contribution in [2.75, 3.05) is 12.4 Å². The second-order valence-electron chi connectivity index (χ2n) is 7.65. The van der Waals surface area contributed by atoms with Crippen LogP contribution in [-0.2, 0) is 4.79 Å². The summed E-state index contributed by atoms with van der Waals surface area (Å²) in [6.07, 6.45) is 1.45. The van der Waals surface area contributed by atoms with E-state index in [0.717, 1.165) is 35.1 Å². The molecule has 0 fully saturated rings. The molecule has 0 aliphatic heterocycles. The molecule has 0 aliphatic rings. The van der Waals surface area contributed by atoms with Crippen LogP contribution in [0.2, 0.25) is 0 Å². The number of aromatic hydroxyl groups is 1. The van der Waals surface area contributed by atoms with Crippen LogP contribution in [0.1, 0.15) is 48.2 Å². The van der Waals surface area contributed by atoms with Crippen LogP contribution in [0, 0.1) is 19.3 Å². The molecule has 0 radical (unpaired) electrons. The van der Waals surface area contributed by atoms with Gasteiger partial charge in [0.2, 0.25) is 0 Å². The van der Waals surface area contributed by atoms with E-state index in [9.17, 15) is 14.7 Å². The van der Waals surface area contributed by atoms with Crippen LogP contribution in [0.15, 0.2) is 42.5 Å². The number of hydrogen-bond donors (Lipinski definition) is 1. The largest absolute Gasteiger partial charge is 0.508 e. The van der Waals surface area contributed by atoms with E-state index in [2.05, 4.69) is 6.07 Å². The molecule has 0 aliphatic carbocycles. The summed E-state index contributed by atoms with van der Waals surface area (Å²) < 4.78 is 5.87. The number of carbonyl (C=O) groups excluding carboxylic acids is 2. The van der Waals surface area contributed by atoms with Crippen molar-refractivity contribution in [2.24, 2.45) is 5.41 Å². The van der Waals surface area contributed by atoms with Gasteiger partial charge in [-0.25, -0.2) is 0 Å². The lowest BCUT2D eigenvalue weighted by atomic mass is 9.89. The van der Waals surface area contributed by atoms with Crippen LogP contribution in [-0.4, -0.2) is 28.4 Å². The van der Waals surface area contributed by atoms with Crippen molar-refractivity contribution in [1.82, 2.24) is 0 Å². The fraction of sp³-hybridized carbons (Fsp3) is 0.391. The zero-order chi connectivity index (χ0) is 20.7. The highest BCUT2D eigenvalue weighted by Gasteiger charge is 2.28. The first-order valence-electron chi connectivity index (χ1n) is 9.38. The van der Waals surface area contributed by atoms with Crippen LogP contribution < -0.4 is 4.74 Å². The average Bonchev–Trinajstić information content (AvgIpc) is 2.66. The smallest absolute Gasteiger partial charge is 0.194 e. The second-order valence-corrected chi connectivity index (χ2v) is 8.60. The van der Waals surface area contributed by atoms with Crippen molar-refractivity contribution < 1.29 is 19.4 Å². The highest BCUT2D eigenvalue weighted by molar-refractivity contribution is 8.14. The van der Waals surface area contributed by atoms with Gasteiger partial charge in [-0.15, -0.1) is 0 Å². The number of ketones is 1. The molecular formula is C23H28O4S. The van der Waals surface area contributed by atoms with Crippen LogP contribution in [0.4, 0.5) is 0 Å². The first-order chi connectivity index (χ1) is 13.2. The van der Waals surface area contributed by atoms with Crippen molar-refractivity contribution in [3.05, 3.63) is 59.2 Å². The minimum Gasteiger partial charge on any atom is -0.508 e. The standard InChI is InChI=1S/C23H28O4S/c1-16-6-7-17(2)21(14-16)27-13-5-12-23(3,4)22(26)28-15-20(25)18-8-10-19(24)11-9-18/h6-11,14,24H,5,12-13,15H2,1-4H3. The lowest BCUT2D eigenvalue weighted by Crippen LogP contribution is -2.23. The molecule has 2 rings (SSSR count). The molecule has 0 heterocycles. The Morgan fingerprint density at radius 1 is 1.07 bits per heavy atom. The predicted octanol–water partition coefficient (Wildman–Crippen LogP) is 5.34. The number of hydrogen-bond acceptors (Lipinski definition) is 5. The number of phenols is 1. The molecule has 0 saturated heterocycles. The van der Waals surface area contributed by atoms with Crippen LogP contribution >= 0.6 is 11.8 Å². The minimum absolute atomic E-state index is 0.00589. The van der Waals surface area contributed by atoms with Gasteiger partial charge < -0.3 is 9.84 Å². The zero-order valence-corrected chi connectivity index (χ0v) is 17.8. The van der Waals surface area contributed by atoms with Gasteiger partial charge in [0.25, 0.3) is 0 Å². The summed E-state index contributed by atoms with van der Waals surface area (Å²) in [6, 6.07) is 12.2. The fourth-order valence-corrected chi connectivity index (χ4v) is 3.64. The SMILES string of the molecule is Cc1ccc(C)c(OCCCC(C)(C)C(=O)SCC(=O)c2ccc(O)cc2)c1. The van der Waals surface area contributed by atoms with Gasteiger partial charge >= 0.3 is 0 Å². The molecule has 0 bridgehead atoms. The van der Waals surface area contributed by atoms with E-state index in [1.165, 1.54) is 12.1 Å². The summed E-state index contributed by atoms with van der Waals surface area (Å²) in [5.74, 6) is 0.987. The number of rotatable bonds is 9. The minimum atomic E-state index is -0.523. The summed E-state index contributed by atoms with van der Waals surface area (Å²) >= 11 is 1.06. The van der Waals surface area contributed by atoms with E-state index in [1.807, 2.05) is 39.8 Å². The molecule has 150 valence electrons. The van der Waals surface area contributed by atoms with Crippen molar-refractivity contribution in [3.63, 3.8) is 0 Å². The number of aryl methyl sites for hydroxylation is 2. The highest BCUT2D eigenvalue weighted by atomic mass is 32.2. The molecule has 0 spiro atoms. The lowest BCUT2D eigenvalue weighted by Gasteiger charge is -2.22. The van der Waals surface area contributed by atoms with Gasteiger partial charge in [-0.3, -0.25) is 9.59 Å². The Hall–Kier alpha value is -2.27. The van der Waals surface area contributed by atoms with Gasteiger partial charge in [0.1, 0.15) is 11.5 Å². The molecule has 5 heteroatoms. The van der Waals surface area contributed by atoms with Crippen molar-refractivity contribution >= 4 is 22.7 Å². The normalized spacial score (nSPS) is 11.3. The Morgan fingerprint density at radius 2 is 1.75 bits per heavy atom. The first-order valence-corrected chi connectivity index (χ1v) is 10.4. The van der Waals surface area contributed by atoms with E-state index in [1.54, 1.807) is 12.1 Å². The van der Waals surface area contributed by atoms with E-state index >= 15 is 0 Å². The third kappa shape index (κ3) is 6.41. The monoisotopic (exact) mass is 400 g/mol. The maximum absolute atomic E-state index is 12.5. The van der Waals surface area contributed by atoms with Crippen molar-refractivity contribution in [2.45, 2.75) is 40.5 Å². The third-order valence-corrected chi connectivity index (χ3v) is 5.84. The molecule has 4 nitrogen and oxygen atoms in total. The molecule has 0 aromatic heterocycles. The molecule has 0 amide bonds.